The molecule has 0 spiro atoms. The van der Waals surface area contributed by atoms with Crippen molar-refractivity contribution in [3.8, 4) is 0 Å². The van der Waals surface area contributed by atoms with Crippen molar-refractivity contribution in [2.24, 2.45) is 11.5 Å². The molecule has 0 amide bonds. The number of hydrogen-bond donors (Lipinski definition) is 4. The van der Waals surface area contributed by atoms with E-state index in [9.17, 15) is 9.59 Å². The first-order chi connectivity index (χ1) is 4.95. The topological polar surface area (TPSA) is 127 Å². The molecule has 0 aromatic heterocycles. The minimum absolute atomic E-state index is 0. The van der Waals surface area contributed by atoms with Crippen LogP contribution in [0.5, 0.6) is 0 Å². The van der Waals surface area contributed by atoms with Crippen molar-refractivity contribution in [1.82, 2.24) is 0 Å². The van der Waals surface area contributed by atoms with Crippen LogP contribution in [-0.2, 0) is 9.59 Å². The first kappa shape index (κ1) is 18.3. The summed E-state index contributed by atoms with van der Waals surface area (Å²) in [5, 5.41) is 16.5. The molecular weight excluding hydrogens is 223 g/mol. The largest absolute Gasteiger partial charge is 0.481 e. The summed E-state index contributed by atoms with van der Waals surface area (Å²) in [5.74, 6) is -2.45. The molecule has 13 heavy (non-hydrogen) atoms. The van der Waals surface area contributed by atoms with Crippen molar-refractivity contribution < 1.29 is 19.8 Å². The Hall–Kier alpha value is -0.560. The summed E-state index contributed by atoms with van der Waals surface area (Å²) in [6.45, 7) is 0. The van der Waals surface area contributed by atoms with Gasteiger partial charge in [-0.05, 0) is 0 Å². The minimum atomic E-state index is -1.31. The number of carboxylic acid groups (broad SMARTS) is 2. The summed E-state index contributed by atoms with van der Waals surface area (Å²) in [5.41, 5.74) is 10.2. The highest BCUT2D eigenvalue weighted by atomic mass is 35.5. The summed E-state index contributed by atoms with van der Waals surface area (Å²) >= 11 is 0. The van der Waals surface area contributed by atoms with Crippen LogP contribution >= 0.6 is 24.8 Å². The van der Waals surface area contributed by atoms with Gasteiger partial charge in [-0.25, -0.2) is 0 Å². The quantitative estimate of drug-likeness (QED) is 0.497. The molecule has 1 unspecified atom stereocenters. The lowest BCUT2D eigenvalue weighted by Crippen LogP contribution is -2.48. The van der Waals surface area contributed by atoms with E-state index in [2.05, 4.69) is 0 Å². The first-order valence-electron chi connectivity index (χ1n) is 2.91. The van der Waals surface area contributed by atoms with Gasteiger partial charge in [0.2, 0.25) is 0 Å². The molecule has 0 fully saturated rings. The maximum Gasteiger partial charge on any atom is 0.322 e. The van der Waals surface area contributed by atoms with Crippen LogP contribution in [0.25, 0.3) is 0 Å². The smallest absolute Gasteiger partial charge is 0.322 e. The second-order valence-electron chi connectivity index (χ2n) is 2.13. The van der Waals surface area contributed by atoms with Gasteiger partial charge < -0.3 is 21.7 Å². The molecule has 80 valence electrons. The van der Waals surface area contributed by atoms with E-state index < -0.39 is 30.4 Å². The third-order valence-electron chi connectivity index (χ3n) is 1.16. The number of hydrogen-bond acceptors (Lipinski definition) is 4. The number of nitrogens with two attached hydrogens (primary N) is 2. The predicted octanol–water partition coefficient (Wildman–Crippen LogP) is -0.956. The number of carbonyl (C=O) groups is 2. The highest BCUT2D eigenvalue weighted by Gasteiger charge is 2.22. The Morgan fingerprint density at radius 2 is 1.54 bits per heavy atom. The number of halogens is 2. The van der Waals surface area contributed by atoms with Gasteiger partial charge in [-0.15, -0.1) is 24.8 Å². The van der Waals surface area contributed by atoms with Gasteiger partial charge in [-0.3, -0.25) is 9.59 Å². The Labute approximate surface area is 87.1 Å². The molecule has 6 nitrogen and oxygen atoms in total. The summed E-state index contributed by atoms with van der Waals surface area (Å²) in [6.07, 6.45) is -0.437. The number of carboxylic acids is 2. The van der Waals surface area contributed by atoms with Crippen LogP contribution in [0.15, 0.2) is 0 Å². The molecule has 0 bridgehead atoms. The first-order valence-corrected chi connectivity index (χ1v) is 2.91. The van der Waals surface area contributed by atoms with Gasteiger partial charge in [0, 0.05) is 6.04 Å². The maximum atomic E-state index is 10.1. The molecule has 0 rings (SSSR count). The molecule has 6 N–H and O–H groups in total. The van der Waals surface area contributed by atoms with Crippen LogP contribution in [0.1, 0.15) is 6.42 Å². The molecule has 0 aliphatic heterocycles. The predicted molar refractivity (Wildman–Crippen MR) is 50.3 cm³/mol. The zero-order chi connectivity index (χ0) is 9.02. The molecule has 0 saturated heterocycles. The van der Waals surface area contributed by atoms with Gasteiger partial charge in [-0.1, -0.05) is 0 Å². The molecule has 0 radical (unpaired) electrons. The van der Waals surface area contributed by atoms with Crippen molar-refractivity contribution in [3.05, 3.63) is 0 Å². The Bertz CT molecular complexity index is 178. The fourth-order valence-electron chi connectivity index (χ4n) is 0.512. The zero-order valence-electron chi connectivity index (χ0n) is 6.54. The van der Waals surface area contributed by atoms with Crippen molar-refractivity contribution in [1.29, 1.82) is 0 Å². The molecule has 0 aliphatic rings. The van der Waals surface area contributed by atoms with Gasteiger partial charge in [-0.2, -0.15) is 0 Å². The van der Waals surface area contributed by atoms with E-state index in [0.29, 0.717) is 0 Å². The highest BCUT2D eigenvalue weighted by Crippen LogP contribution is 1.93. The Balaban J connectivity index is -0.000000500. The van der Waals surface area contributed by atoms with E-state index in [1.54, 1.807) is 0 Å². The molecule has 0 heterocycles. The third-order valence-corrected chi connectivity index (χ3v) is 1.16. The fraction of sp³-hybridized carbons (Fsp3) is 0.600. The van der Waals surface area contributed by atoms with Gasteiger partial charge in [0.25, 0.3) is 0 Å². The van der Waals surface area contributed by atoms with Crippen LogP contribution in [-0.4, -0.2) is 34.2 Å². The molecule has 0 aliphatic carbocycles. The second kappa shape index (κ2) is 8.06. The lowest BCUT2D eigenvalue weighted by molar-refractivity contribution is -0.140. The van der Waals surface area contributed by atoms with Crippen LogP contribution in [0, 0.1) is 0 Å². The van der Waals surface area contributed by atoms with E-state index in [0.717, 1.165) is 0 Å². The second-order valence-corrected chi connectivity index (χ2v) is 2.13. The third kappa shape index (κ3) is 7.79. The van der Waals surface area contributed by atoms with Crippen LogP contribution in [0.3, 0.4) is 0 Å². The zero-order valence-corrected chi connectivity index (χ0v) is 8.18. The average Bonchev–Trinajstić information content (AvgIpc) is 1.84. The standard InChI is InChI=1S/C5H10N2O4.2ClH/c6-2(1-3(8)9)4(7)5(10)11;;/h2,4H,1,6-7H2,(H,8,9)(H,10,11);2*1H/t2?,4-;;/m0../s1. The van der Waals surface area contributed by atoms with E-state index in [-0.39, 0.29) is 24.8 Å². The Morgan fingerprint density at radius 3 is 1.77 bits per heavy atom. The molecule has 0 aromatic carbocycles. The SMILES string of the molecule is Cl.Cl.NC(CC(=O)O)[C@H](N)C(=O)O. The van der Waals surface area contributed by atoms with Crippen molar-refractivity contribution in [2.45, 2.75) is 18.5 Å². The van der Waals surface area contributed by atoms with Gasteiger partial charge in [0.05, 0.1) is 6.42 Å². The number of aliphatic carboxylic acids is 2. The van der Waals surface area contributed by atoms with Crippen LogP contribution < -0.4 is 11.5 Å². The summed E-state index contributed by atoms with van der Waals surface area (Å²) < 4.78 is 0. The number of rotatable bonds is 4. The monoisotopic (exact) mass is 234 g/mol. The normalized spacial score (nSPS) is 13.1. The highest BCUT2D eigenvalue weighted by molar-refractivity contribution is 5.85. The molecule has 2 atom stereocenters. The minimum Gasteiger partial charge on any atom is -0.481 e. The van der Waals surface area contributed by atoms with Gasteiger partial charge in [0.1, 0.15) is 6.04 Å². The summed E-state index contributed by atoms with van der Waals surface area (Å²) in [4.78, 5) is 20.1. The van der Waals surface area contributed by atoms with Gasteiger partial charge >= 0.3 is 11.9 Å². The summed E-state index contributed by atoms with van der Waals surface area (Å²) in [7, 11) is 0. The average molecular weight is 235 g/mol. The Kier molecular flexibility index (Phi) is 11.3. The molecule has 0 saturated carbocycles. The van der Waals surface area contributed by atoms with Crippen LogP contribution in [0.2, 0.25) is 0 Å². The Morgan fingerprint density at radius 1 is 1.15 bits per heavy atom. The lowest BCUT2D eigenvalue weighted by Gasteiger charge is -2.12. The van der Waals surface area contributed by atoms with Crippen molar-refractivity contribution in [3.63, 3.8) is 0 Å². The maximum absolute atomic E-state index is 10.1. The van der Waals surface area contributed by atoms with E-state index in [1.165, 1.54) is 0 Å². The van der Waals surface area contributed by atoms with E-state index >= 15 is 0 Å². The van der Waals surface area contributed by atoms with E-state index in [1.807, 2.05) is 0 Å². The fourth-order valence-corrected chi connectivity index (χ4v) is 0.512. The van der Waals surface area contributed by atoms with Gasteiger partial charge in [0.15, 0.2) is 0 Å². The van der Waals surface area contributed by atoms with E-state index in [4.69, 9.17) is 21.7 Å². The van der Waals surface area contributed by atoms with Crippen molar-refractivity contribution in [2.75, 3.05) is 0 Å². The molecule has 8 heteroatoms. The summed E-state index contributed by atoms with van der Waals surface area (Å²) in [6, 6.07) is -2.35. The lowest BCUT2D eigenvalue weighted by atomic mass is 10.1. The van der Waals surface area contributed by atoms with Crippen LogP contribution in [0.4, 0.5) is 0 Å². The molecule has 0 aromatic rings. The van der Waals surface area contributed by atoms with Crippen molar-refractivity contribution >= 4 is 36.8 Å². The molecular formula is C5H12Cl2N2O4.